The quantitative estimate of drug-likeness (QED) is 0.499. The molecule has 31 heavy (non-hydrogen) atoms. The topological polar surface area (TPSA) is 99.6 Å². The molecule has 0 aliphatic heterocycles. The van der Waals surface area contributed by atoms with Crippen molar-refractivity contribution in [3.05, 3.63) is 74.3 Å². The summed E-state index contributed by atoms with van der Waals surface area (Å²) in [6.45, 7) is 3.68. The van der Waals surface area contributed by atoms with Crippen LogP contribution < -0.4 is 10.2 Å². The van der Waals surface area contributed by atoms with Crippen molar-refractivity contribution in [1.82, 2.24) is 4.98 Å². The third kappa shape index (κ3) is 4.43. The van der Waals surface area contributed by atoms with Crippen LogP contribution in [-0.2, 0) is 6.42 Å². The van der Waals surface area contributed by atoms with E-state index in [4.69, 9.17) is 16.3 Å². The minimum Gasteiger partial charge on any atom is -0.496 e. The molecule has 3 N–H and O–H groups in total. The zero-order valence-electron chi connectivity index (χ0n) is 17.3. The van der Waals surface area contributed by atoms with Gasteiger partial charge < -0.3 is 19.9 Å². The molecule has 2 aromatic carbocycles. The predicted octanol–water partition coefficient (Wildman–Crippen LogP) is 4.37. The van der Waals surface area contributed by atoms with Crippen molar-refractivity contribution < 1.29 is 24.1 Å². The van der Waals surface area contributed by atoms with Crippen LogP contribution in [0.3, 0.4) is 0 Å². The summed E-state index contributed by atoms with van der Waals surface area (Å²) in [5, 5.41) is 20.2. The van der Waals surface area contributed by atoms with Gasteiger partial charge in [0.15, 0.2) is 0 Å². The average Bonchev–Trinajstić information content (AvgIpc) is 2.75. The van der Waals surface area contributed by atoms with Crippen LogP contribution in [0.1, 0.15) is 41.3 Å². The Morgan fingerprint density at radius 2 is 2.00 bits per heavy atom. The number of pyridine rings is 1. The number of aromatic amines is 1. The number of aromatic carboxylic acids is 1. The molecule has 0 saturated heterocycles. The highest BCUT2D eigenvalue weighted by molar-refractivity contribution is 6.30. The fourth-order valence-electron chi connectivity index (χ4n) is 3.69. The van der Waals surface area contributed by atoms with Gasteiger partial charge in [-0.25, -0.2) is 9.18 Å². The van der Waals surface area contributed by atoms with Gasteiger partial charge in [0.1, 0.15) is 17.1 Å². The first-order valence-electron chi connectivity index (χ1n) is 9.73. The highest BCUT2D eigenvalue weighted by Crippen LogP contribution is 2.36. The maximum Gasteiger partial charge on any atom is 0.341 e. The largest absolute Gasteiger partial charge is 0.496 e. The Labute approximate surface area is 183 Å². The first kappa shape index (κ1) is 22.8. The van der Waals surface area contributed by atoms with Gasteiger partial charge >= 0.3 is 5.97 Å². The number of carboxylic acids is 1. The lowest BCUT2D eigenvalue weighted by Gasteiger charge is -2.27. The van der Waals surface area contributed by atoms with E-state index >= 15 is 0 Å². The van der Waals surface area contributed by atoms with Gasteiger partial charge in [0.2, 0.25) is 5.43 Å². The van der Waals surface area contributed by atoms with Gasteiger partial charge in [0.25, 0.3) is 0 Å². The Morgan fingerprint density at radius 3 is 2.65 bits per heavy atom. The van der Waals surface area contributed by atoms with Gasteiger partial charge in [-0.05, 0) is 35.1 Å². The monoisotopic (exact) mass is 447 g/mol. The molecule has 0 aliphatic rings. The number of halogens is 2. The highest BCUT2D eigenvalue weighted by Gasteiger charge is 2.27. The number of benzene rings is 2. The maximum atomic E-state index is 14.2. The summed E-state index contributed by atoms with van der Waals surface area (Å²) in [6.07, 6.45) is 0.325. The molecule has 6 nitrogen and oxygen atoms in total. The molecule has 3 rings (SSSR count). The van der Waals surface area contributed by atoms with E-state index in [1.807, 2.05) is 13.8 Å². The second-order valence-electron chi connectivity index (χ2n) is 7.61. The number of hydrogen-bond donors (Lipinski definition) is 3. The molecule has 0 saturated carbocycles. The van der Waals surface area contributed by atoms with Crippen LogP contribution in [0.25, 0.3) is 10.9 Å². The molecule has 3 aromatic rings. The van der Waals surface area contributed by atoms with Gasteiger partial charge in [0.05, 0.1) is 23.8 Å². The minimum atomic E-state index is -1.32. The number of methoxy groups -OCH3 is 1. The van der Waals surface area contributed by atoms with Gasteiger partial charge in [-0.15, -0.1) is 0 Å². The summed E-state index contributed by atoms with van der Waals surface area (Å²) in [5.74, 6) is -2.01. The molecule has 0 amide bonds. The van der Waals surface area contributed by atoms with Crippen LogP contribution in [-0.4, -0.2) is 34.4 Å². The molecule has 0 bridgehead atoms. The SMILES string of the molecule is COc1cc2[nH]cc(C(=O)O)c(=O)c2cc1C(C)C(C)C(O)Cc1cccc(Cl)c1F. The summed E-state index contributed by atoms with van der Waals surface area (Å²) in [5.41, 5.74) is 0.428. The van der Waals surface area contributed by atoms with Crippen LogP contribution in [0, 0.1) is 11.7 Å². The van der Waals surface area contributed by atoms with Crippen molar-refractivity contribution >= 4 is 28.5 Å². The number of rotatable bonds is 7. The van der Waals surface area contributed by atoms with Crippen LogP contribution in [0.15, 0.2) is 41.3 Å². The second-order valence-corrected chi connectivity index (χ2v) is 8.02. The van der Waals surface area contributed by atoms with Crippen molar-refractivity contribution in [3.63, 3.8) is 0 Å². The van der Waals surface area contributed by atoms with Crippen molar-refractivity contribution in [1.29, 1.82) is 0 Å². The third-order valence-electron chi connectivity index (χ3n) is 5.81. The molecule has 1 aromatic heterocycles. The number of hydrogen-bond acceptors (Lipinski definition) is 4. The lowest BCUT2D eigenvalue weighted by molar-refractivity contribution is 0.0695. The summed E-state index contributed by atoms with van der Waals surface area (Å²) >= 11 is 5.83. The molecule has 164 valence electrons. The predicted molar refractivity (Wildman–Crippen MR) is 117 cm³/mol. The van der Waals surface area contributed by atoms with E-state index in [1.54, 1.807) is 24.3 Å². The third-order valence-corrected chi connectivity index (χ3v) is 6.10. The smallest absolute Gasteiger partial charge is 0.341 e. The molecule has 0 fully saturated rings. The van der Waals surface area contributed by atoms with E-state index < -0.39 is 23.3 Å². The number of carbonyl (C=O) groups is 1. The number of aromatic nitrogens is 1. The Kier molecular flexibility index (Phi) is 6.67. The van der Waals surface area contributed by atoms with E-state index in [9.17, 15) is 24.2 Å². The van der Waals surface area contributed by atoms with Gasteiger partial charge in [-0.1, -0.05) is 37.6 Å². The standard InChI is InChI=1S/C23H23ClFNO5/c1-11(12(2)19(27)7-13-5-4-6-17(24)21(13)25)14-8-15-18(9-20(14)31-3)26-10-16(22(15)28)23(29)30/h4-6,8-12,19,27H,7H2,1-3H3,(H,26,28)(H,29,30). The Bertz CT molecular complexity index is 1190. The number of nitrogens with one attached hydrogen (secondary N) is 1. The van der Waals surface area contributed by atoms with Crippen LogP contribution in [0.5, 0.6) is 5.75 Å². The molecular weight excluding hydrogens is 425 g/mol. The molecule has 0 aliphatic carbocycles. The van der Waals surface area contributed by atoms with Crippen molar-refractivity contribution in [2.75, 3.05) is 7.11 Å². The fourth-order valence-corrected chi connectivity index (χ4v) is 3.88. The van der Waals surface area contributed by atoms with Crippen molar-refractivity contribution in [2.24, 2.45) is 5.92 Å². The summed E-state index contributed by atoms with van der Waals surface area (Å²) < 4.78 is 19.7. The zero-order chi connectivity index (χ0) is 22.9. The molecular formula is C23H23ClFNO5. The number of ether oxygens (including phenoxy) is 1. The molecule has 0 radical (unpaired) electrons. The van der Waals surface area contributed by atoms with Gasteiger partial charge in [0, 0.05) is 24.1 Å². The van der Waals surface area contributed by atoms with Gasteiger partial charge in [-0.2, -0.15) is 0 Å². The Hall–Kier alpha value is -2.90. The molecule has 1 heterocycles. The normalized spacial score (nSPS) is 14.3. The molecule has 3 atom stereocenters. The van der Waals surface area contributed by atoms with Crippen LogP contribution in [0.4, 0.5) is 4.39 Å². The van der Waals surface area contributed by atoms with Crippen LogP contribution >= 0.6 is 11.6 Å². The van der Waals surface area contributed by atoms with Crippen LogP contribution in [0.2, 0.25) is 5.02 Å². The Morgan fingerprint density at radius 1 is 1.29 bits per heavy atom. The molecule has 3 unspecified atom stereocenters. The number of carboxylic acid groups (broad SMARTS) is 1. The van der Waals surface area contributed by atoms with E-state index in [1.165, 1.54) is 13.2 Å². The summed E-state index contributed by atoms with van der Waals surface area (Å²) in [6, 6.07) is 7.87. The number of H-pyrrole nitrogens is 1. The van der Waals surface area contributed by atoms with Gasteiger partial charge in [-0.3, -0.25) is 4.79 Å². The zero-order valence-corrected chi connectivity index (χ0v) is 18.0. The fraction of sp³-hybridized carbons (Fsp3) is 0.304. The number of aliphatic hydroxyl groups is 1. The van der Waals surface area contributed by atoms with E-state index in [-0.39, 0.29) is 34.2 Å². The molecule has 8 heteroatoms. The maximum absolute atomic E-state index is 14.2. The van der Waals surface area contributed by atoms with E-state index in [2.05, 4.69) is 4.98 Å². The Balaban J connectivity index is 1.98. The summed E-state index contributed by atoms with van der Waals surface area (Å²) in [7, 11) is 1.49. The number of aliphatic hydroxyl groups excluding tert-OH is 1. The minimum absolute atomic E-state index is 0.00457. The highest BCUT2D eigenvalue weighted by atomic mass is 35.5. The van der Waals surface area contributed by atoms with E-state index in [0.29, 0.717) is 22.4 Å². The first-order valence-corrected chi connectivity index (χ1v) is 10.1. The first-order chi connectivity index (χ1) is 14.6. The lowest BCUT2D eigenvalue weighted by Crippen LogP contribution is -2.26. The second kappa shape index (κ2) is 9.08. The lowest BCUT2D eigenvalue weighted by atomic mass is 9.82. The van der Waals surface area contributed by atoms with E-state index in [0.717, 1.165) is 6.20 Å². The number of fused-ring (bicyclic) bond motifs is 1. The van der Waals surface area contributed by atoms with Crippen molar-refractivity contribution in [3.8, 4) is 5.75 Å². The van der Waals surface area contributed by atoms with Crippen molar-refractivity contribution in [2.45, 2.75) is 32.3 Å². The summed E-state index contributed by atoms with van der Waals surface area (Å²) in [4.78, 5) is 26.7. The molecule has 0 spiro atoms. The average molecular weight is 448 g/mol.